The van der Waals surface area contributed by atoms with Crippen molar-refractivity contribution < 1.29 is 9.53 Å². The number of ether oxygens (including phenoxy) is 1. The number of rotatable bonds is 3. The van der Waals surface area contributed by atoms with Crippen molar-refractivity contribution in [2.24, 2.45) is 7.05 Å². The van der Waals surface area contributed by atoms with Gasteiger partial charge in [-0.3, -0.25) is 4.68 Å². The highest BCUT2D eigenvalue weighted by atomic mass is 16.5. The summed E-state index contributed by atoms with van der Waals surface area (Å²) in [7, 11) is 3.09. The summed E-state index contributed by atoms with van der Waals surface area (Å²) < 4.78 is 6.24. The summed E-state index contributed by atoms with van der Waals surface area (Å²) in [6.07, 6.45) is 1.74. The number of hydrogen-bond acceptors (Lipinski definition) is 4. The van der Waals surface area contributed by atoms with Crippen LogP contribution in [0.1, 0.15) is 10.5 Å². The smallest absolute Gasteiger partial charge is 0.360 e. The second-order valence-corrected chi connectivity index (χ2v) is 3.55. The van der Waals surface area contributed by atoms with Crippen LogP contribution in [0.4, 0.5) is 11.4 Å². The minimum atomic E-state index is -0.455. The molecule has 0 atom stereocenters. The number of benzene rings is 1. The van der Waals surface area contributed by atoms with Crippen LogP contribution in [0.3, 0.4) is 0 Å². The molecule has 0 spiro atoms. The number of carbonyl (C=O) groups excluding carboxylic acids is 1. The quantitative estimate of drug-likeness (QED) is 0.820. The first-order valence-corrected chi connectivity index (χ1v) is 5.14. The van der Waals surface area contributed by atoms with Crippen molar-refractivity contribution in [2.75, 3.05) is 12.4 Å². The summed E-state index contributed by atoms with van der Waals surface area (Å²) in [5.41, 5.74) is 1.80. The first kappa shape index (κ1) is 11.2. The molecule has 0 fully saturated rings. The van der Waals surface area contributed by atoms with Crippen LogP contribution in [-0.4, -0.2) is 22.9 Å². The van der Waals surface area contributed by atoms with Crippen LogP contribution in [0.2, 0.25) is 0 Å². The zero-order chi connectivity index (χ0) is 12.3. The number of esters is 1. The fourth-order valence-corrected chi connectivity index (χ4v) is 1.50. The monoisotopic (exact) mass is 231 g/mol. The molecule has 2 aromatic rings. The van der Waals surface area contributed by atoms with Crippen molar-refractivity contribution in [2.45, 2.75) is 0 Å². The highest BCUT2D eigenvalue weighted by Gasteiger charge is 2.16. The van der Waals surface area contributed by atoms with E-state index >= 15 is 0 Å². The van der Waals surface area contributed by atoms with E-state index in [1.807, 2.05) is 30.3 Å². The molecular weight excluding hydrogens is 218 g/mol. The van der Waals surface area contributed by atoms with E-state index in [2.05, 4.69) is 15.2 Å². The van der Waals surface area contributed by atoms with E-state index in [0.29, 0.717) is 5.69 Å². The number of para-hydroxylation sites is 1. The normalized spacial score (nSPS) is 10.0. The molecule has 17 heavy (non-hydrogen) atoms. The van der Waals surface area contributed by atoms with Gasteiger partial charge in [0.1, 0.15) is 0 Å². The lowest BCUT2D eigenvalue weighted by atomic mass is 10.3. The Bertz CT molecular complexity index is 520. The van der Waals surface area contributed by atoms with Gasteiger partial charge >= 0.3 is 5.97 Å². The molecule has 0 amide bonds. The number of aryl methyl sites for hydroxylation is 1. The summed E-state index contributed by atoms with van der Waals surface area (Å²) in [5.74, 6) is -0.455. The Morgan fingerprint density at radius 1 is 1.35 bits per heavy atom. The standard InChI is InChI=1S/C12H13N3O2/c1-15-8-10(11(14-15)12(16)17-2)13-9-6-4-3-5-7-9/h3-8,13H,1-2H3. The number of carbonyl (C=O) groups is 1. The van der Waals surface area contributed by atoms with Gasteiger partial charge in [0.15, 0.2) is 5.69 Å². The van der Waals surface area contributed by atoms with Gasteiger partial charge in [-0.15, -0.1) is 0 Å². The lowest BCUT2D eigenvalue weighted by Crippen LogP contribution is -2.05. The molecule has 5 nitrogen and oxygen atoms in total. The summed E-state index contributed by atoms with van der Waals surface area (Å²) in [5, 5.41) is 7.18. The third kappa shape index (κ3) is 2.44. The van der Waals surface area contributed by atoms with Gasteiger partial charge in [-0.05, 0) is 12.1 Å². The van der Waals surface area contributed by atoms with Crippen LogP contribution in [0, 0.1) is 0 Å². The molecule has 5 heteroatoms. The molecule has 0 aliphatic heterocycles. The van der Waals surface area contributed by atoms with Gasteiger partial charge in [-0.1, -0.05) is 18.2 Å². The Labute approximate surface area is 99.0 Å². The summed E-state index contributed by atoms with van der Waals surface area (Å²) >= 11 is 0. The van der Waals surface area contributed by atoms with Gasteiger partial charge in [0.2, 0.25) is 0 Å². The molecule has 0 saturated heterocycles. The summed E-state index contributed by atoms with van der Waals surface area (Å²) in [6.45, 7) is 0. The lowest BCUT2D eigenvalue weighted by molar-refractivity contribution is 0.0594. The van der Waals surface area contributed by atoms with E-state index in [1.165, 1.54) is 7.11 Å². The molecule has 1 heterocycles. The average Bonchev–Trinajstić information content (AvgIpc) is 2.70. The fraction of sp³-hybridized carbons (Fsp3) is 0.167. The molecule has 0 saturated carbocycles. The third-order valence-corrected chi connectivity index (χ3v) is 2.26. The maximum Gasteiger partial charge on any atom is 0.360 e. The van der Waals surface area contributed by atoms with E-state index in [0.717, 1.165) is 5.69 Å². The summed E-state index contributed by atoms with van der Waals surface area (Å²) in [6, 6.07) is 9.57. The molecule has 88 valence electrons. The molecule has 0 aliphatic carbocycles. The molecule has 1 aromatic carbocycles. The minimum Gasteiger partial charge on any atom is -0.464 e. The topological polar surface area (TPSA) is 56.1 Å². The zero-order valence-electron chi connectivity index (χ0n) is 9.68. The Balaban J connectivity index is 2.30. The zero-order valence-corrected chi connectivity index (χ0v) is 9.68. The maximum absolute atomic E-state index is 11.5. The van der Waals surface area contributed by atoms with Crippen LogP contribution >= 0.6 is 0 Å². The number of methoxy groups -OCH3 is 1. The van der Waals surface area contributed by atoms with Crippen molar-refractivity contribution >= 4 is 17.3 Å². The Morgan fingerprint density at radius 3 is 2.71 bits per heavy atom. The maximum atomic E-state index is 11.5. The molecule has 2 rings (SSSR count). The molecule has 0 radical (unpaired) electrons. The fourth-order valence-electron chi connectivity index (χ4n) is 1.50. The van der Waals surface area contributed by atoms with Crippen molar-refractivity contribution in [3.8, 4) is 0 Å². The van der Waals surface area contributed by atoms with Gasteiger partial charge in [-0.2, -0.15) is 5.10 Å². The van der Waals surface area contributed by atoms with Crippen LogP contribution in [0.5, 0.6) is 0 Å². The van der Waals surface area contributed by atoms with E-state index in [1.54, 1.807) is 17.9 Å². The number of anilines is 2. The Kier molecular flexibility index (Phi) is 3.09. The first-order valence-electron chi connectivity index (χ1n) is 5.14. The number of aromatic nitrogens is 2. The number of nitrogens with zero attached hydrogens (tertiary/aromatic N) is 2. The largest absolute Gasteiger partial charge is 0.464 e. The average molecular weight is 231 g/mol. The van der Waals surface area contributed by atoms with Gasteiger partial charge < -0.3 is 10.1 Å². The lowest BCUT2D eigenvalue weighted by Gasteiger charge is -2.04. The number of nitrogens with one attached hydrogen (secondary N) is 1. The highest BCUT2D eigenvalue weighted by Crippen LogP contribution is 2.19. The van der Waals surface area contributed by atoms with E-state index < -0.39 is 5.97 Å². The molecule has 0 unspecified atom stereocenters. The second-order valence-electron chi connectivity index (χ2n) is 3.55. The van der Waals surface area contributed by atoms with Gasteiger partial charge in [0.05, 0.1) is 12.8 Å². The Hall–Kier alpha value is -2.30. The van der Waals surface area contributed by atoms with Crippen LogP contribution in [-0.2, 0) is 11.8 Å². The van der Waals surface area contributed by atoms with Gasteiger partial charge in [0.25, 0.3) is 0 Å². The first-order chi connectivity index (χ1) is 8.20. The van der Waals surface area contributed by atoms with Crippen molar-refractivity contribution in [3.05, 3.63) is 42.2 Å². The van der Waals surface area contributed by atoms with Crippen molar-refractivity contribution in [1.29, 1.82) is 0 Å². The van der Waals surface area contributed by atoms with Crippen molar-refractivity contribution in [1.82, 2.24) is 9.78 Å². The van der Waals surface area contributed by atoms with Crippen LogP contribution in [0.25, 0.3) is 0 Å². The van der Waals surface area contributed by atoms with Crippen LogP contribution < -0.4 is 5.32 Å². The molecule has 0 bridgehead atoms. The predicted molar refractivity (Wildman–Crippen MR) is 64.3 cm³/mol. The molecular formula is C12H13N3O2. The SMILES string of the molecule is COC(=O)c1nn(C)cc1Nc1ccccc1. The number of hydrogen-bond donors (Lipinski definition) is 1. The molecule has 1 N–H and O–H groups in total. The Morgan fingerprint density at radius 2 is 2.06 bits per heavy atom. The molecule has 1 aromatic heterocycles. The molecule has 0 aliphatic rings. The summed E-state index contributed by atoms with van der Waals surface area (Å²) in [4.78, 5) is 11.5. The predicted octanol–water partition coefficient (Wildman–Crippen LogP) is 1.95. The second kappa shape index (κ2) is 4.69. The minimum absolute atomic E-state index is 0.277. The van der Waals surface area contributed by atoms with Crippen LogP contribution in [0.15, 0.2) is 36.5 Å². The van der Waals surface area contributed by atoms with E-state index in [-0.39, 0.29) is 5.69 Å². The van der Waals surface area contributed by atoms with Gasteiger partial charge in [0, 0.05) is 18.9 Å². The van der Waals surface area contributed by atoms with Gasteiger partial charge in [-0.25, -0.2) is 4.79 Å². The highest BCUT2D eigenvalue weighted by molar-refractivity contribution is 5.94. The van der Waals surface area contributed by atoms with Crippen molar-refractivity contribution in [3.63, 3.8) is 0 Å². The van der Waals surface area contributed by atoms with E-state index in [9.17, 15) is 4.79 Å². The van der Waals surface area contributed by atoms with E-state index in [4.69, 9.17) is 0 Å². The third-order valence-electron chi connectivity index (χ3n) is 2.26.